The van der Waals surface area contributed by atoms with Gasteiger partial charge in [-0.25, -0.2) is 4.39 Å². The number of halogens is 2. The summed E-state index contributed by atoms with van der Waals surface area (Å²) in [7, 11) is 0. The highest BCUT2D eigenvalue weighted by atomic mass is 35.5. The molecule has 0 heterocycles. The lowest BCUT2D eigenvalue weighted by molar-refractivity contribution is 0.0943. The molecule has 1 rings (SSSR count). The third kappa shape index (κ3) is 3.20. The van der Waals surface area contributed by atoms with Crippen molar-refractivity contribution in [2.45, 2.75) is 19.9 Å². The number of amides is 1. The molecule has 0 spiro atoms. The van der Waals surface area contributed by atoms with E-state index in [4.69, 9.17) is 11.6 Å². The molecule has 0 saturated carbocycles. The van der Waals surface area contributed by atoms with Crippen molar-refractivity contribution in [2.24, 2.45) is 0 Å². The average molecular weight is 230 g/mol. The van der Waals surface area contributed by atoms with E-state index >= 15 is 0 Å². The molecule has 0 aliphatic heterocycles. The van der Waals surface area contributed by atoms with Crippen LogP contribution in [0.1, 0.15) is 22.8 Å². The van der Waals surface area contributed by atoms with Gasteiger partial charge in [0.2, 0.25) is 0 Å². The largest absolute Gasteiger partial charge is 0.348 e. The van der Waals surface area contributed by atoms with Crippen molar-refractivity contribution >= 4 is 17.5 Å². The van der Waals surface area contributed by atoms with Crippen LogP contribution in [0.25, 0.3) is 0 Å². The van der Waals surface area contributed by atoms with E-state index in [0.717, 1.165) is 0 Å². The fraction of sp³-hybridized carbons (Fsp3) is 0.364. The Balaban J connectivity index is 2.78. The highest BCUT2D eigenvalue weighted by molar-refractivity contribution is 6.18. The van der Waals surface area contributed by atoms with Gasteiger partial charge in [-0.2, -0.15) is 0 Å². The molecule has 1 amide bonds. The molecular formula is C11H13ClFNO. The summed E-state index contributed by atoms with van der Waals surface area (Å²) in [4.78, 5) is 11.5. The Bertz CT molecular complexity index is 368. The van der Waals surface area contributed by atoms with Crippen LogP contribution in [0.3, 0.4) is 0 Å². The first-order chi connectivity index (χ1) is 7.04. The van der Waals surface area contributed by atoms with Gasteiger partial charge < -0.3 is 5.32 Å². The van der Waals surface area contributed by atoms with E-state index in [0.29, 0.717) is 17.0 Å². The van der Waals surface area contributed by atoms with E-state index in [9.17, 15) is 9.18 Å². The van der Waals surface area contributed by atoms with Gasteiger partial charge in [-0.3, -0.25) is 4.79 Å². The van der Waals surface area contributed by atoms with E-state index in [-0.39, 0.29) is 17.8 Å². The van der Waals surface area contributed by atoms with Crippen molar-refractivity contribution in [3.63, 3.8) is 0 Å². The van der Waals surface area contributed by atoms with Crippen LogP contribution in [-0.4, -0.2) is 17.8 Å². The molecule has 82 valence electrons. The predicted molar refractivity (Wildman–Crippen MR) is 58.8 cm³/mol. The molecule has 1 N–H and O–H groups in total. The second-order valence-corrected chi connectivity index (χ2v) is 3.80. The molecule has 2 nitrogen and oxygen atoms in total. The van der Waals surface area contributed by atoms with Crippen LogP contribution in [0.5, 0.6) is 0 Å². The Morgan fingerprint density at radius 1 is 1.60 bits per heavy atom. The first kappa shape index (κ1) is 12.0. The maximum Gasteiger partial charge on any atom is 0.251 e. The molecule has 0 aromatic heterocycles. The molecule has 0 saturated heterocycles. The lowest BCUT2D eigenvalue weighted by atomic mass is 10.1. The quantitative estimate of drug-likeness (QED) is 0.793. The van der Waals surface area contributed by atoms with Crippen LogP contribution >= 0.6 is 11.6 Å². The van der Waals surface area contributed by atoms with Gasteiger partial charge in [0, 0.05) is 17.5 Å². The molecule has 1 unspecified atom stereocenters. The Kier molecular flexibility index (Phi) is 4.09. The number of aryl methyl sites for hydroxylation is 1. The van der Waals surface area contributed by atoms with E-state index in [1.165, 1.54) is 6.07 Å². The number of carbonyl (C=O) groups is 1. The number of carbonyl (C=O) groups excluding carboxylic acids is 1. The molecule has 0 aliphatic carbocycles. The molecule has 0 fully saturated rings. The lowest BCUT2D eigenvalue weighted by Gasteiger charge is -2.10. The molecule has 1 aromatic rings. The van der Waals surface area contributed by atoms with Crippen molar-refractivity contribution in [3.8, 4) is 0 Å². The molecule has 0 radical (unpaired) electrons. The monoisotopic (exact) mass is 229 g/mol. The van der Waals surface area contributed by atoms with Crippen LogP contribution in [0.2, 0.25) is 0 Å². The molecule has 1 atom stereocenters. The number of rotatable bonds is 3. The van der Waals surface area contributed by atoms with E-state index in [1.54, 1.807) is 26.0 Å². The molecule has 0 bridgehead atoms. The number of benzene rings is 1. The van der Waals surface area contributed by atoms with Gasteiger partial charge in [0.1, 0.15) is 5.82 Å². The minimum Gasteiger partial charge on any atom is -0.348 e. The van der Waals surface area contributed by atoms with E-state index < -0.39 is 0 Å². The zero-order valence-corrected chi connectivity index (χ0v) is 9.44. The second kappa shape index (κ2) is 5.12. The molecule has 0 aliphatic rings. The van der Waals surface area contributed by atoms with Crippen LogP contribution in [-0.2, 0) is 0 Å². The number of nitrogens with one attached hydrogen (secondary N) is 1. The Hall–Kier alpha value is -1.09. The summed E-state index contributed by atoms with van der Waals surface area (Å²) in [6.07, 6.45) is 0. The third-order valence-corrected chi connectivity index (χ3v) is 2.51. The Morgan fingerprint density at radius 2 is 2.27 bits per heavy atom. The van der Waals surface area contributed by atoms with Crippen molar-refractivity contribution in [2.75, 3.05) is 5.88 Å². The molecule has 4 heteroatoms. The summed E-state index contributed by atoms with van der Waals surface area (Å²) in [5.74, 6) is -0.344. The van der Waals surface area contributed by atoms with Gasteiger partial charge in [-0.1, -0.05) is 6.07 Å². The first-order valence-corrected chi connectivity index (χ1v) is 5.21. The number of alkyl halides is 1. The van der Waals surface area contributed by atoms with Gasteiger partial charge in [-0.05, 0) is 31.5 Å². The summed E-state index contributed by atoms with van der Waals surface area (Å²) in [6, 6.07) is 4.28. The Morgan fingerprint density at radius 3 is 2.80 bits per heavy atom. The number of hydrogen-bond acceptors (Lipinski definition) is 1. The molecular weight excluding hydrogens is 217 g/mol. The summed E-state index contributed by atoms with van der Waals surface area (Å²) < 4.78 is 13.2. The summed E-state index contributed by atoms with van der Waals surface area (Å²) in [5.41, 5.74) is 0.840. The van der Waals surface area contributed by atoms with Gasteiger partial charge in [0.25, 0.3) is 5.91 Å². The van der Waals surface area contributed by atoms with Gasteiger partial charge >= 0.3 is 0 Å². The zero-order valence-electron chi connectivity index (χ0n) is 8.68. The smallest absolute Gasteiger partial charge is 0.251 e. The van der Waals surface area contributed by atoms with E-state index in [2.05, 4.69) is 5.32 Å². The van der Waals surface area contributed by atoms with Crippen LogP contribution in [0.15, 0.2) is 18.2 Å². The average Bonchev–Trinajstić information content (AvgIpc) is 2.21. The van der Waals surface area contributed by atoms with Crippen LogP contribution in [0.4, 0.5) is 4.39 Å². The highest BCUT2D eigenvalue weighted by Crippen LogP contribution is 2.09. The SMILES string of the molecule is Cc1ccc(C(=O)NC(C)CCl)cc1F. The molecule has 1 aromatic carbocycles. The van der Waals surface area contributed by atoms with Crippen LogP contribution in [0, 0.1) is 12.7 Å². The van der Waals surface area contributed by atoms with Crippen molar-refractivity contribution < 1.29 is 9.18 Å². The van der Waals surface area contributed by atoms with Crippen molar-refractivity contribution in [1.29, 1.82) is 0 Å². The van der Waals surface area contributed by atoms with Crippen molar-refractivity contribution in [1.82, 2.24) is 5.32 Å². The lowest BCUT2D eigenvalue weighted by Crippen LogP contribution is -2.33. The Labute approximate surface area is 93.4 Å². The maximum absolute atomic E-state index is 13.2. The number of hydrogen-bond donors (Lipinski definition) is 1. The summed E-state index contributed by atoms with van der Waals surface area (Å²) >= 11 is 5.55. The minimum absolute atomic E-state index is 0.122. The maximum atomic E-state index is 13.2. The van der Waals surface area contributed by atoms with Gasteiger partial charge in [0.15, 0.2) is 0 Å². The predicted octanol–water partition coefficient (Wildman–Crippen LogP) is 2.49. The van der Waals surface area contributed by atoms with Gasteiger partial charge in [-0.15, -0.1) is 11.6 Å². The van der Waals surface area contributed by atoms with Crippen LogP contribution < -0.4 is 5.32 Å². The summed E-state index contributed by atoms with van der Waals surface area (Å²) in [5, 5.41) is 2.65. The highest BCUT2D eigenvalue weighted by Gasteiger charge is 2.10. The fourth-order valence-electron chi connectivity index (χ4n) is 1.08. The third-order valence-electron chi connectivity index (χ3n) is 2.04. The van der Waals surface area contributed by atoms with Gasteiger partial charge in [0.05, 0.1) is 0 Å². The zero-order chi connectivity index (χ0) is 11.4. The van der Waals surface area contributed by atoms with E-state index in [1.807, 2.05) is 0 Å². The first-order valence-electron chi connectivity index (χ1n) is 4.67. The summed E-state index contributed by atoms with van der Waals surface area (Å²) in [6.45, 7) is 3.44. The fourth-order valence-corrected chi connectivity index (χ4v) is 1.16. The minimum atomic E-state index is -0.374. The normalized spacial score (nSPS) is 12.3. The molecule has 15 heavy (non-hydrogen) atoms. The topological polar surface area (TPSA) is 29.1 Å². The second-order valence-electron chi connectivity index (χ2n) is 3.49. The standard InChI is InChI=1S/C11H13ClFNO/c1-7-3-4-9(5-10(7)13)11(15)14-8(2)6-12/h3-5,8H,6H2,1-2H3,(H,14,15). The van der Waals surface area contributed by atoms with Crippen molar-refractivity contribution in [3.05, 3.63) is 35.1 Å².